The normalized spacial score (nSPS) is 14.9. The van der Waals surface area contributed by atoms with Crippen molar-refractivity contribution in [1.29, 1.82) is 0 Å². The van der Waals surface area contributed by atoms with E-state index in [1.807, 2.05) is 24.3 Å². The summed E-state index contributed by atoms with van der Waals surface area (Å²) in [5, 5.41) is 2.82. The van der Waals surface area contributed by atoms with Gasteiger partial charge in [0.2, 0.25) is 11.8 Å². The maximum absolute atomic E-state index is 11.7. The average Bonchev–Trinajstić information content (AvgIpc) is 2.74. The van der Waals surface area contributed by atoms with Gasteiger partial charge < -0.3 is 10.2 Å². The number of nitrogens with zero attached hydrogens (tertiary/aromatic N) is 1. The number of hydrogen-bond acceptors (Lipinski definition) is 2. The van der Waals surface area contributed by atoms with Crippen molar-refractivity contribution in [2.75, 3.05) is 13.1 Å². The van der Waals surface area contributed by atoms with Crippen LogP contribution in [0.1, 0.15) is 18.4 Å². The number of carbonyl (C=O) groups is 2. The van der Waals surface area contributed by atoms with Crippen LogP contribution >= 0.6 is 15.9 Å². The number of likely N-dealkylation sites (tertiary alicyclic amines) is 1. The van der Waals surface area contributed by atoms with E-state index in [2.05, 4.69) is 21.2 Å². The van der Waals surface area contributed by atoms with E-state index in [1.54, 1.807) is 4.90 Å². The number of amides is 2. The molecule has 1 aromatic rings. The molecule has 1 aromatic carbocycles. The Kier molecular flexibility index (Phi) is 4.36. The van der Waals surface area contributed by atoms with Crippen LogP contribution in [0.3, 0.4) is 0 Å². The monoisotopic (exact) mass is 310 g/mol. The average molecular weight is 311 g/mol. The fraction of sp³-hybridized carbons (Fsp3) is 0.385. The van der Waals surface area contributed by atoms with Crippen molar-refractivity contribution in [2.24, 2.45) is 0 Å². The maximum atomic E-state index is 11.7. The van der Waals surface area contributed by atoms with Crippen LogP contribution in [0.2, 0.25) is 0 Å². The van der Waals surface area contributed by atoms with Crippen LogP contribution in [0.5, 0.6) is 0 Å². The first-order valence-electron chi connectivity index (χ1n) is 5.94. The minimum absolute atomic E-state index is 0.0776. The molecule has 18 heavy (non-hydrogen) atoms. The third kappa shape index (κ3) is 3.57. The van der Waals surface area contributed by atoms with Crippen LogP contribution in [0.15, 0.2) is 28.7 Å². The third-order valence-electron chi connectivity index (χ3n) is 2.91. The zero-order valence-corrected chi connectivity index (χ0v) is 11.6. The predicted octanol–water partition coefficient (Wildman–Crippen LogP) is 1.69. The number of rotatable bonds is 4. The standard InChI is InChI=1S/C13H15BrN2O2/c14-11-5-3-10(4-6-11)8-15-12(17)9-16-7-1-2-13(16)18/h3-6H,1-2,7-9H2,(H,15,17). The molecule has 2 rings (SSSR count). The minimum atomic E-state index is -0.104. The molecule has 1 aliphatic heterocycles. The van der Waals surface area contributed by atoms with Gasteiger partial charge in [-0.3, -0.25) is 9.59 Å². The Hall–Kier alpha value is -1.36. The highest BCUT2D eigenvalue weighted by Crippen LogP contribution is 2.11. The maximum Gasteiger partial charge on any atom is 0.239 e. The molecule has 0 atom stereocenters. The van der Waals surface area contributed by atoms with Gasteiger partial charge >= 0.3 is 0 Å². The van der Waals surface area contributed by atoms with Crippen molar-refractivity contribution in [1.82, 2.24) is 10.2 Å². The molecule has 0 radical (unpaired) electrons. The Morgan fingerprint density at radius 2 is 2.06 bits per heavy atom. The molecule has 1 aliphatic rings. The molecule has 0 unspecified atom stereocenters. The molecule has 0 bridgehead atoms. The first kappa shape index (κ1) is 13.1. The lowest BCUT2D eigenvalue weighted by atomic mass is 10.2. The molecule has 96 valence electrons. The quantitative estimate of drug-likeness (QED) is 0.920. The molecular weight excluding hydrogens is 296 g/mol. The van der Waals surface area contributed by atoms with E-state index < -0.39 is 0 Å². The molecule has 4 nitrogen and oxygen atoms in total. The topological polar surface area (TPSA) is 49.4 Å². The van der Waals surface area contributed by atoms with Crippen LogP contribution in [-0.4, -0.2) is 29.8 Å². The lowest BCUT2D eigenvalue weighted by Gasteiger charge is -2.14. The highest BCUT2D eigenvalue weighted by Gasteiger charge is 2.21. The van der Waals surface area contributed by atoms with Crippen LogP contribution in [0.25, 0.3) is 0 Å². The molecule has 0 spiro atoms. The SMILES string of the molecule is O=C(CN1CCCC1=O)NCc1ccc(Br)cc1. The summed E-state index contributed by atoms with van der Waals surface area (Å²) in [6.07, 6.45) is 1.43. The highest BCUT2D eigenvalue weighted by molar-refractivity contribution is 9.10. The van der Waals surface area contributed by atoms with Crippen molar-refractivity contribution in [2.45, 2.75) is 19.4 Å². The summed E-state index contributed by atoms with van der Waals surface area (Å²) in [6, 6.07) is 7.77. The van der Waals surface area contributed by atoms with Crippen LogP contribution < -0.4 is 5.32 Å². The van der Waals surface area contributed by atoms with Crippen LogP contribution in [0, 0.1) is 0 Å². The molecule has 1 fully saturated rings. The van der Waals surface area contributed by atoms with Crippen molar-refractivity contribution >= 4 is 27.7 Å². The van der Waals surface area contributed by atoms with Crippen molar-refractivity contribution in [3.8, 4) is 0 Å². The second-order valence-electron chi connectivity index (χ2n) is 4.32. The zero-order valence-electron chi connectivity index (χ0n) is 9.99. The number of carbonyl (C=O) groups excluding carboxylic acids is 2. The highest BCUT2D eigenvalue weighted by atomic mass is 79.9. The summed E-state index contributed by atoms with van der Waals surface area (Å²) in [6.45, 7) is 1.37. The van der Waals surface area contributed by atoms with Gasteiger partial charge in [-0.2, -0.15) is 0 Å². The van der Waals surface area contributed by atoms with E-state index in [0.717, 1.165) is 16.5 Å². The van der Waals surface area contributed by atoms with Gasteiger partial charge in [0.1, 0.15) is 0 Å². The van der Waals surface area contributed by atoms with Gasteiger partial charge in [-0.1, -0.05) is 28.1 Å². The fourth-order valence-electron chi connectivity index (χ4n) is 1.90. The predicted molar refractivity (Wildman–Crippen MR) is 71.8 cm³/mol. The van der Waals surface area contributed by atoms with E-state index in [0.29, 0.717) is 19.5 Å². The molecule has 0 aliphatic carbocycles. The lowest BCUT2D eigenvalue weighted by molar-refractivity contribution is -0.133. The number of hydrogen-bond donors (Lipinski definition) is 1. The Morgan fingerprint density at radius 3 is 2.67 bits per heavy atom. The Labute approximate surface area is 114 Å². The van der Waals surface area contributed by atoms with Gasteiger partial charge in [0.25, 0.3) is 0 Å². The van der Waals surface area contributed by atoms with Gasteiger partial charge in [-0.05, 0) is 24.1 Å². The molecule has 0 saturated carbocycles. The first-order chi connectivity index (χ1) is 8.65. The minimum Gasteiger partial charge on any atom is -0.350 e. The summed E-state index contributed by atoms with van der Waals surface area (Å²) < 4.78 is 1.01. The van der Waals surface area contributed by atoms with Crippen molar-refractivity contribution in [3.05, 3.63) is 34.3 Å². The number of benzene rings is 1. The van der Waals surface area contributed by atoms with E-state index in [-0.39, 0.29) is 18.4 Å². The van der Waals surface area contributed by atoms with Gasteiger partial charge in [0.15, 0.2) is 0 Å². The molecule has 1 saturated heterocycles. The number of nitrogens with one attached hydrogen (secondary N) is 1. The van der Waals surface area contributed by atoms with E-state index in [1.165, 1.54) is 0 Å². The van der Waals surface area contributed by atoms with Gasteiger partial charge in [0.05, 0.1) is 6.54 Å². The van der Waals surface area contributed by atoms with Gasteiger partial charge in [0, 0.05) is 24.0 Å². The molecular formula is C13H15BrN2O2. The summed E-state index contributed by atoms with van der Waals surface area (Å²) >= 11 is 3.36. The summed E-state index contributed by atoms with van der Waals surface area (Å²) in [5.41, 5.74) is 1.04. The summed E-state index contributed by atoms with van der Waals surface area (Å²) in [5.74, 6) is -0.0260. The summed E-state index contributed by atoms with van der Waals surface area (Å²) in [4.78, 5) is 24.6. The first-order valence-corrected chi connectivity index (χ1v) is 6.73. The largest absolute Gasteiger partial charge is 0.350 e. The second kappa shape index (κ2) is 6.00. The van der Waals surface area contributed by atoms with Crippen molar-refractivity contribution < 1.29 is 9.59 Å². The lowest BCUT2D eigenvalue weighted by Crippen LogP contribution is -2.37. The molecule has 5 heteroatoms. The molecule has 0 aromatic heterocycles. The second-order valence-corrected chi connectivity index (χ2v) is 5.24. The Balaban J connectivity index is 1.78. The Morgan fingerprint density at radius 1 is 1.33 bits per heavy atom. The number of halogens is 1. The molecule has 2 amide bonds. The molecule has 1 N–H and O–H groups in total. The van der Waals surface area contributed by atoms with E-state index in [9.17, 15) is 9.59 Å². The van der Waals surface area contributed by atoms with Crippen LogP contribution in [-0.2, 0) is 16.1 Å². The fourth-order valence-corrected chi connectivity index (χ4v) is 2.17. The van der Waals surface area contributed by atoms with E-state index in [4.69, 9.17) is 0 Å². The zero-order chi connectivity index (χ0) is 13.0. The molecule has 1 heterocycles. The Bertz CT molecular complexity index is 445. The van der Waals surface area contributed by atoms with Crippen molar-refractivity contribution in [3.63, 3.8) is 0 Å². The third-order valence-corrected chi connectivity index (χ3v) is 3.44. The summed E-state index contributed by atoms with van der Waals surface area (Å²) in [7, 11) is 0. The van der Waals surface area contributed by atoms with Gasteiger partial charge in [-0.15, -0.1) is 0 Å². The smallest absolute Gasteiger partial charge is 0.239 e. The van der Waals surface area contributed by atoms with Crippen LogP contribution in [0.4, 0.5) is 0 Å². The van der Waals surface area contributed by atoms with Gasteiger partial charge in [-0.25, -0.2) is 0 Å². The van der Waals surface area contributed by atoms with E-state index >= 15 is 0 Å².